The molecular weight excluding hydrogens is 422 g/mol. The van der Waals surface area contributed by atoms with E-state index in [1.807, 2.05) is 46.8 Å². The van der Waals surface area contributed by atoms with Gasteiger partial charge in [-0.05, 0) is 52.9 Å². The minimum Gasteiger partial charge on any atom is -0.479 e. The summed E-state index contributed by atoms with van der Waals surface area (Å²) in [5.74, 6) is -1.04. The molecule has 184 valence electrons. The summed E-state index contributed by atoms with van der Waals surface area (Å²) in [6.45, 7) is 15.7. The van der Waals surface area contributed by atoms with Crippen LogP contribution in [0.3, 0.4) is 0 Å². The first kappa shape index (κ1) is 26.6. The van der Waals surface area contributed by atoms with Crippen LogP contribution in [0, 0.1) is 19.3 Å². The zero-order valence-electron chi connectivity index (χ0n) is 21.2. The van der Waals surface area contributed by atoms with E-state index in [0.29, 0.717) is 11.3 Å². The molecule has 0 spiro atoms. The fraction of sp³-hybridized carbons (Fsp3) is 0.640. The molecule has 1 atom stereocenters. The normalized spacial score (nSPS) is 17.2. The molecule has 0 aliphatic carbocycles. The Hall–Kier alpha value is -2.61. The van der Waals surface area contributed by atoms with Crippen molar-refractivity contribution >= 4 is 23.8 Å². The van der Waals surface area contributed by atoms with Crippen LogP contribution < -0.4 is 10.2 Å². The van der Waals surface area contributed by atoms with Crippen molar-refractivity contribution < 1.29 is 24.2 Å². The Morgan fingerprint density at radius 2 is 1.82 bits per heavy atom. The van der Waals surface area contributed by atoms with Crippen molar-refractivity contribution in [2.24, 2.45) is 5.41 Å². The largest absolute Gasteiger partial charge is 0.479 e. The molecule has 0 aromatic carbocycles. The molecule has 1 amide bonds. The highest BCUT2D eigenvalue weighted by atomic mass is 16.5. The zero-order valence-corrected chi connectivity index (χ0v) is 21.2. The Bertz CT molecular complexity index is 892. The van der Waals surface area contributed by atoms with E-state index in [2.05, 4.69) is 33.8 Å². The Balaban J connectivity index is 2.63. The van der Waals surface area contributed by atoms with Crippen molar-refractivity contribution in [1.82, 2.24) is 10.3 Å². The summed E-state index contributed by atoms with van der Waals surface area (Å²) in [4.78, 5) is 30.7. The van der Waals surface area contributed by atoms with Crippen molar-refractivity contribution in [1.29, 1.82) is 0 Å². The summed E-state index contributed by atoms with van der Waals surface area (Å²) in [6, 6.07) is 0. The second-order valence-corrected chi connectivity index (χ2v) is 10.3. The molecule has 1 saturated heterocycles. The molecule has 2 heterocycles. The maximum Gasteiger partial charge on any atom is 0.407 e. The molecule has 1 aromatic rings. The van der Waals surface area contributed by atoms with Crippen molar-refractivity contribution in [3.8, 4) is 0 Å². The number of alkyl carbamates (subject to hydrolysis) is 1. The Morgan fingerprint density at radius 3 is 2.33 bits per heavy atom. The number of hydrogen-bond acceptors (Lipinski definition) is 6. The summed E-state index contributed by atoms with van der Waals surface area (Å²) in [6.07, 6.45) is 4.05. The van der Waals surface area contributed by atoms with Crippen LogP contribution in [-0.2, 0) is 14.3 Å². The average molecular weight is 462 g/mol. The quantitative estimate of drug-likeness (QED) is 0.610. The highest BCUT2D eigenvalue weighted by molar-refractivity contribution is 5.82. The van der Waals surface area contributed by atoms with Gasteiger partial charge < -0.3 is 24.8 Å². The van der Waals surface area contributed by atoms with E-state index in [4.69, 9.17) is 4.74 Å². The molecule has 2 rings (SSSR count). The van der Waals surface area contributed by atoms with E-state index >= 15 is 0 Å². The molecule has 0 bridgehead atoms. The first-order valence-electron chi connectivity index (χ1n) is 11.4. The zero-order chi connectivity index (χ0) is 25.0. The lowest BCUT2D eigenvalue weighted by Crippen LogP contribution is -2.39. The second kappa shape index (κ2) is 10.5. The van der Waals surface area contributed by atoms with Gasteiger partial charge in [0.2, 0.25) is 0 Å². The predicted octanol–water partition coefficient (Wildman–Crippen LogP) is 4.63. The molecule has 33 heavy (non-hydrogen) atoms. The van der Waals surface area contributed by atoms with Crippen LogP contribution in [0.4, 0.5) is 10.5 Å². The number of carboxylic acids is 1. The highest BCUT2D eigenvalue weighted by Gasteiger charge is 2.35. The van der Waals surface area contributed by atoms with Gasteiger partial charge in [-0.2, -0.15) is 0 Å². The van der Waals surface area contributed by atoms with E-state index in [-0.39, 0.29) is 12.0 Å². The van der Waals surface area contributed by atoms with Crippen molar-refractivity contribution in [3.05, 3.63) is 28.6 Å². The van der Waals surface area contributed by atoms with E-state index in [1.54, 1.807) is 0 Å². The number of amides is 1. The molecule has 8 nitrogen and oxygen atoms in total. The number of aryl methyl sites for hydroxylation is 2. The van der Waals surface area contributed by atoms with E-state index in [9.17, 15) is 14.7 Å². The first-order chi connectivity index (χ1) is 15.3. The van der Waals surface area contributed by atoms with E-state index in [1.165, 1.54) is 7.11 Å². The third-order valence-electron chi connectivity index (χ3n) is 5.85. The van der Waals surface area contributed by atoms with Crippen LogP contribution in [0.1, 0.15) is 76.1 Å². The van der Waals surface area contributed by atoms with Gasteiger partial charge in [0.15, 0.2) is 6.10 Å². The van der Waals surface area contributed by atoms with Crippen molar-refractivity contribution in [2.45, 2.75) is 73.0 Å². The molecule has 2 N–H and O–H groups in total. The lowest BCUT2D eigenvalue weighted by Gasteiger charge is -2.41. The van der Waals surface area contributed by atoms with Crippen molar-refractivity contribution in [3.63, 3.8) is 0 Å². The SMILES string of the molecule is COC(=O)NC/C=C/c1c(C)nc(C)c(C(OC(C)(C)C)C(=O)O)c1N1CCC(C)(C)CC1. The number of carbonyl (C=O) groups excluding carboxylic acids is 1. The van der Waals surface area contributed by atoms with Gasteiger partial charge >= 0.3 is 12.1 Å². The number of nitrogens with one attached hydrogen (secondary N) is 1. The lowest BCUT2D eigenvalue weighted by molar-refractivity contribution is -0.160. The minimum atomic E-state index is -1.15. The van der Waals surface area contributed by atoms with Gasteiger partial charge in [0, 0.05) is 42.1 Å². The maximum absolute atomic E-state index is 12.4. The van der Waals surface area contributed by atoms with Crippen molar-refractivity contribution in [2.75, 3.05) is 31.6 Å². The number of carboxylic acid groups (broad SMARTS) is 1. The summed E-state index contributed by atoms with van der Waals surface area (Å²) in [7, 11) is 1.32. The Morgan fingerprint density at radius 1 is 1.21 bits per heavy atom. The van der Waals surface area contributed by atoms with Crippen LogP contribution in [0.5, 0.6) is 0 Å². The number of pyridine rings is 1. The number of piperidine rings is 1. The minimum absolute atomic E-state index is 0.238. The summed E-state index contributed by atoms with van der Waals surface area (Å²) >= 11 is 0. The van der Waals surface area contributed by atoms with E-state index < -0.39 is 23.8 Å². The maximum atomic E-state index is 12.4. The Labute approximate surface area is 197 Å². The molecule has 0 radical (unpaired) electrons. The van der Waals surface area contributed by atoms with E-state index in [0.717, 1.165) is 42.9 Å². The molecule has 1 fully saturated rings. The number of methoxy groups -OCH3 is 1. The van der Waals surface area contributed by atoms with Crippen LogP contribution in [0.25, 0.3) is 6.08 Å². The van der Waals surface area contributed by atoms with Gasteiger partial charge in [-0.25, -0.2) is 9.59 Å². The van der Waals surface area contributed by atoms with Gasteiger partial charge in [-0.3, -0.25) is 4.98 Å². The molecular formula is C25H39N3O5. The molecule has 8 heteroatoms. The molecule has 1 unspecified atom stereocenters. The van der Waals surface area contributed by atoms with Gasteiger partial charge in [0.25, 0.3) is 0 Å². The number of aromatic nitrogens is 1. The summed E-state index contributed by atoms with van der Waals surface area (Å²) < 4.78 is 10.7. The summed E-state index contributed by atoms with van der Waals surface area (Å²) in [5.41, 5.74) is 3.30. The van der Waals surface area contributed by atoms with Crippen LogP contribution in [0.15, 0.2) is 6.08 Å². The number of rotatable bonds is 7. The number of hydrogen-bond donors (Lipinski definition) is 2. The van der Waals surface area contributed by atoms with Gasteiger partial charge in [0.05, 0.1) is 18.4 Å². The molecule has 1 aliphatic heterocycles. The van der Waals surface area contributed by atoms with Crippen LogP contribution in [-0.4, -0.2) is 54.5 Å². The third kappa shape index (κ3) is 7.19. The summed E-state index contributed by atoms with van der Waals surface area (Å²) in [5, 5.41) is 12.8. The molecule has 0 saturated carbocycles. The van der Waals surface area contributed by atoms with Crippen LogP contribution >= 0.6 is 0 Å². The first-order valence-corrected chi connectivity index (χ1v) is 11.4. The number of nitrogens with zero attached hydrogens (tertiary/aromatic N) is 2. The predicted molar refractivity (Wildman–Crippen MR) is 130 cm³/mol. The van der Waals surface area contributed by atoms with Gasteiger partial charge in [-0.15, -0.1) is 0 Å². The number of carbonyl (C=O) groups is 2. The molecule has 1 aliphatic rings. The number of ether oxygens (including phenoxy) is 2. The lowest BCUT2D eigenvalue weighted by atomic mass is 9.82. The second-order valence-electron chi connectivity index (χ2n) is 10.3. The smallest absolute Gasteiger partial charge is 0.407 e. The third-order valence-corrected chi connectivity index (χ3v) is 5.85. The topological polar surface area (TPSA) is 101 Å². The fourth-order valence-corrected chi connectivity index (χ4v) is 4.03. The Kier molecular flexibility index (Phi) is 8.52. The van der Waals surface area contributed by atoms with Gasteiger partial charge in [0.1, 0.15) is 0 Å². The number of anilines is 1. The van der Waals surface area contributed by atoms with Crippen LogP contribution in [0.2, 0.25) is 0 Å². The number of aliphatic carboxylic acids is 1. The van der Waals surface area contributed by atoms with Gasteiger partial charge in [-0.1, -0.05) is 26.0 Å². The standard InChI is InChI=1S/C25H39N3O5/c1-16-18(10-9-13-26-23(31)32-8)20(28-14-11-25(6,7)12-15-28)19(17(2)27-16)21(22(29)30)33-24(3,4)5/h9-10,21H,11-15H2,1-8H3,(H,26,31)(H,29,30)/b10-9+. The highest BCUT2D eigenvalue weighted by Crippen LogP contribution is 2.41. The fourth-order valence-electron chi connectivity index (χ4n) is 4.03. The monoisotopic (exact) mass is 461 g/mol. The molecule has 1 aromatic heterocycles. The average Bonchev–Trinajstić information content (AvgIpc) is 2.69.